The maximum atomic E-state index is 12.8. The van der Waals surface area contributed by atoms with Crippen LogP contribution in [0.5, 0.6) is 11.5 Å². The molecule has 0 bridgehead atoms. The zero-order valence-electron chi connectivity index (χ0n) is 24.8. The molecule has 6 nitrogen and oxygen atoms in total. The largest absolute Gasteiger partial charge is 0.497 e. The fourth-order valence-corrected chi connectivity index (χ4v) is 4.91. The summed E-state index contributed by atoms with van der Waals surface area (Å²) in [4.78, 5) is 25.2. The van der Waals surface area contributed by atoms with E-state index in [-0.39, 0.29) is 5.91 Å². The SMILES string of the molecule is CCCCCCCCCCCCCCCC(=O)N/N=C\c1c(OC(=O)c2ccc(OC)cc2)ccc2ccccc12. The minimum atomic E-state index is -0.482. The molecule has 1 N–H and O–H groups in total. The number of benzene rings is 3. The summed E-state index contributed by atoms with van der Waals surface area (Å²) < 4.78 is 10.9. The van der Waals surface area contributed by atoms with E-state index in [1.807, 2.05) is 30.3 Å². The standard InChI is InChI=1S/C35H46N2O4/c1-3-4-5-6-7-8-9-10-11-12-13-14-15-20-34(38)37-36-27-32-31-19-17-16-18-28(31)23-26-33(32)41-35(39)29-21-24-30(40-2)25-22-29/h16-19,21-27H,3-15,20H2,1-2H3,(H,37,38)/b36-27-. The summed E-state index contributed by atoms with van der Waals surface area (Å²) in [5.41, 5.74) is 3.68. The van der Waals surface area contributed by atoms with Gasteiger partial charge in [-0.2, -0.15) is 5.10 Å². The lowest BCUT2D eigenvalue weighted by Crippen LogP contribution is -2.17. The molecule has 0 spiro atoms. The van der Waals surface area contributed by atoms with Gasteiger partial charge in [0.25, 0.3) is 0 Å². The molecule has 0 aliphatic carbocycles. The molecule has 0 saturated carbocycles. The number of nitrogens with one attached hydrogen (secondary N) is 1. The molecule has 0 unspecified atom stereocenters. The van der Waals surface area contributed by atoms with Crippen molar-refractivity contribution >= 4 is 28.9 Å². The molecular weight excluding hydrogens is 512 g/mol. The Morgan fingerprint density at radius 2 is 1.37 bits per heavy atom. The number of esters is 1. The number of carbonyl (C=O) groups is 2. The number of hydrogen-bond acceptors (Lipinski definition) is 5. The van der Waals surface area contributed by atoms with Crippen LogP contribution >= 0.6 is 0 Å². The molecule has 0 fully saturated rings. The molecule has 220 valence electrons. The summed E-state index contributed by atoms with van der Waals surface area (Å²) in [6.45, 7) is 2.26. The van der Waals surface area contributed by atoms with E-state index in [0.29, 0.717) is 29.0 Å². The van der Waals surface area contributed by atoms with Gasteiger partial charge >= 0.3 is 5.97 Å². The van der Waals surface area contributed by atoms with Gasteiger partial charge in [-0.3, -0.25) is 4.79 Å². The Balaban J connectivity index is 1.42. The van der Waals surface area contributed by atoms with Crippen molar-refractivity contribution in [2.75, 3.05) is 7.11 Å². The third-order valence-electron chi connectivity index (χ3n) is 7.35. The number of nitrogens with zero attached hydrogens (tertiary/aromatic N) is 1. The molecule has 0 aliphatic rings. The van der Waals surface area contributed by atoms with E-state index in [1.165, 1.54) is 70.6 Å². The van der Waals surface area contributed by atoms with Crippen LogP contribution in [0.3, 0.4) is 0 Å². The van der Waals surface area contributed by atoms with Crippen LogP contribution in [0.25, 0.3) is 10.8 Å². The van der Waals surface area contributed by atoms with E-state index in [4.69, 9.17) is 9.47 Å². The molecule has 0 saturated heterocycles. The number of hydrogen-bond donors (Lipinski definition) is 1. The lowest BCUT2D eigenvalue weighted by Gasteiger charge is -2.11. The highest BCUT2D eigenvalue weighted by molar-refractivity contribution is 6.04. The Hall–Kier alpha value is -3.67. The summed E-state index contributed by atoms with van der Waals surface area (Å²) in [5.74, 6) is 0.444. The molecular formula is C35H46N2O4. The summed E-state index contributed by atoms with van der Waals surface area (Å²) in [6, 6.07) is 18.2. The number of rotatable bonds is 19. The van der Waals surface area contributed by atoms with Crippen LogP contribution < -0.4 is 14.9 Å². The fourth-order valence-electron chi connectivity index (χ4n) is 4.91. The number of ether oxygens (including phenoxy) is 2. The summed E-state index contributed by atoms with van der Waals surface area (Å²) in [5, 5.41) is 6.06. The van der Waals surface area contributed by atoms with Gasteiger partial charge in [0, 0.05) is 12.0 Å². The minimum Gasteiger partial charge on any atom is -0.497 e. The van der Waals surface area contributed by atoms with Crippen LogP contribution in [-0.2, 0) is 4.79 Å². The smallest absolute Gasteiger partial charge is 0.343 e. The van der Waals surface area contributed by atoms with Gasteiger partial charge in [0.1, 0.15) is 11.5 Å². The molecule has 3 aromatic rings. The Morgan fingerprint density at radius 1 is 0.756 bits per heavy atom. The zero-order valence-corrected chi connectivity index (χ0v) is 24.8. The van der Waals surface area contributed by atoms with E-state index in [0.717, 1.165) is 23.6 Å². The maximum Gasteiger partial charge on any atom is 0.343 e. The Kier molecular flexibility index (Phi) is 14.5. The Bertz CT molecular complexity index is 1240. The predicted octanol–water partition coefficient (Wildman–Crippen LogP) is 9.00. The minimum absolute atomic E-state index is 0.110. The highest BCUT2D eigenvalue weighted by atomic mass is 16.5. The summed E-state index contributed by atoms with van der Waals surface area (Å²) >= 11 is 0. The van der Waals surface area contributed by atoms with Gasteiger partial charge in [-0.25, -0.2) is 10.2 Å². The van der Waals surface area contributed by atoms with Gasteiger partial charge in [-0.05, 0) is 47.5 Å². The van der Waals surface area contributed by atoms with E-state index < -0.39 is 5.97 Å². The van der Waals surface area contributed by atoms with Gasteiger partial charge in [0.2, 0.25) is 5.91 Å². The monoisotopic (exact) mass is 558 g/mol. The van der Waals surface area contributed by atoms with E-state index in [2.05, 4.69) is 17.5 Å². The van der Waals surface area contributed by atoms with Crippen LogP contribution in [0.1, 0.15) is 113 Å². The highest BCUT2D eigenvalue weighted by Crippen LogP contribution is 2.27. The van der Waals surface area contributed by atoms with E-state index in [9.17, 15) is 9.59 Å². The van der Waals surface area contributed by atoms with Crippen molar-refractivity contribution in [3.8, 4) is 11.5 Å². The molecule has 3 aromatic carbocycles. The Morgan fingerprint density at radius 3 is 2.00 bits per heavy atom. The molecule has 0 atom stereocenters. The van der Waals surface area contributed by atoms with Gasteiger partial charge in [0.05, 0.1) is 18.9 Å². The number of amides is 1. The average Bonchev–Trinajstić information content (AvgIpc) is 3.00. The second-order valence-electron chi connectivity index (χ2n) is 10.6. The molecule has 6 heteroatoms. The number of methoxy groups -OCH3 is 1. The van der Waals surface area contributed by atoms with Crippen molar-refractivity contribution < 1.29 is 19.1 Å². The van der Waals surface area contributed by atoms with Crippen LogP contribution in [-0.4, -0.2) is 25.2 Å². The first-order valence-corrected chi connectivity index (χ1v) is 15.3. The first-order chi connectivity index (χ1) is 20.1. The first-order valence-electron chi connectivity index (χ1n) is 15.3. The van der Waals surface area contributed by atoms with Crippen molar-refractivity contribution in [3.63, 3.8) is 0 Å². The summed E-state index contributed by atoms with van der Waals surface area (Å²) in [7, 11) is 1.58. The molecule has 0 aromatic heterocycles. The zero-order chi connectivity index (χ0) is 29.1. The quantitative estimate of drug-likeness (QED) is 0.0523. The van der Waals surface area contributed by atoms with Crippen LogP contribution in [0.2, 0.25) is 0 Å². The molecule has 3 rings (SSSR count). The number of fused-ring (bicyclic) bond motifs is 1. The second kappa shape index (κ2) is 18.6. The molecule has 41 heavy (non-hydrogen) atoms. The van der Waals surface area contributed by atoms with Crippen LogP contribution in [0, 0.1) is 0 Å². The van der Waals surface area contributed by atoms with Crippen molar-refractivity contribution in [2.24, 2.45) is 5.10 Å². The number of carbonyl (C=O) groups excluding carboxylic acids is 2. The third-order valence-corrected chi connectivity index (χ3v) is 7.35. The third kappa shape index (κ3) is 11.4. The highest BCUT2D eigenvalue weighted by Gasteiger charge is 2.14. The number of hydrazone groups is 1. The van der Waals surface area contributed by atoms with Gasteiger partial charge < -0.3 is 9.47 Å². The fraction of sp³-hybridized carbons (Fsp3) is 0.457. The van der Waals surface area contributed by atoms with Gasteiger partial charge in [-0.1, -0.05) is 114 Å². The topological polar surface area (TPSA) is 77.0 Å². The van der Waals surface area contributed by atoms with E-state index >= 15 is 0 Å². The van der Waals surface area contributed by atoms with Crippen molar-refractivity contribution in [1.29, 1.82) is 0 Å². The molecule has 0 radical (unpaired) electrons. The Labute approximate surface area is 245 Å². The van der Waals surface area contributed by atoms with E-state index in [1.54, 1.807) is 43.7 Å². The lowest BCUT2D eigenvalue weighted by molar-refractivity contribution is -0.121. The van der Waals surface area contributed by atoms with Crippen LogP contribution in [0.15, 0.2) is 65.8 Å². The molecule has 0 heterocycles. The average molecular weight is 559 g/mol. The number of unbranched alkanes of at least 4 members (excludes halogenated alkanes) is 12. The van der Waals surface area contributed by atoms with Crippen LogP contribution in [0.4, 0.5) is 0 Å². The first kappa shape index (κ1) is 31.9. The molecule has 1 amide bonds. The van der Waals surface area contributed by atoms with Gasteiger partial charge in [0.15, 0.2) is 0 Å². The lowest BCUT2D eigenvalue weighted by atomic mass is 10.0. The van der Waals surface area contributed by atoms with Crippen molar-refractivity contribution in [2.45, 2.75) is 96.8 Å². The van der Waals surface area contributed by atoms with Crippen molar-refractivity contribution in [3.05, 3.63) is 71.8 Å². The predicted molar refractivity (Wildman–Crippen MR) is 168 cm³/mol. The maximum absolute atomic E-state index is 12.8. The molecule has 0 aliphatic heterocycles. The summed E-state index contributed by atoms with van der Waals surface area (Å²) in [6.07, 6.45) is 18.5. The van der Waals surface area contributed by atoms with Gasteiger partial charge in [-0.15, -0.1) is 0 Å². The van der Waals surface area contributed by atoms with Crippen molar-refractivity contribution in [1.82, 2.24) is 5.43 Å². The normalized spacial score (nSPS) is 11.2. The second-order valence-corrected chi connectivity index (χ2v) is 10.6.